The van der Waals surface area contributed by atoms with Gasteiger partial charge < -0.3 is 16.0 Å². The van der Waals surface area contributed by atoms with Gasteiger partial charge >= 0.3 is 0 Å². The molecule has 0 saturated carbocycles. The zero-order chi connectivity index (χ0) is 17.4. The number of anilines is 1. The summed E-state index contributed by atoms with van der Waals surface area (Å²) in [4.78, 5) is 33.5. The van der Waals surface area contributed by atoms with E-state index in [4.69, 9.17) is 11.6 Å². The zero-order valence-corrected chi connectivity index (χ0v) is 14.7. The molecule has 0 unspecified atom stereocenters. The molecule has 126 valence electrons. The molecule has 2 amide bonds. The van der Waals surface area contributed by atoms with Gasteiger partial charge in [-0.3, -0.25) is 19.7 Å². The Labute approximate surface area is 146 Å². The first-order valence-electron chi connectivity index (χ1n) is 6.67. The van der Waals surface area contributed by atoms with Crippen molar-refractivity contribution in [2.45, 2.75) is 6.42 Å². The van der Waals surface area contributed by atoms with Crippen LogP contribution in [0.1, 0.15) is 16.8 Å². The van der Waals surface area contributed by atoms with Crippen molar-refractivity contribution < 1.29 is 14.5 Å². The predicted octanol–water partition coefficient (Wildman–Crippen LogP) is 1.87. The minimum absolute atomic E-state index is 0.119. The van der Waals surface area contributed by atoms with Crippen LogP contribution in [0.2, 0.25) is 0 Å². The molecule has 0 spiro atoms. The fraction of sp³-hybridized carbons (Fsp3) is 0.385. The SMILES string of the molecule is CNC(=O)c1cc(Br)cc([N+](=O)[O-])c1NCCCNC(=O)CCl. The number of amides is 2. The molecule has 0 aliphatic heterocycles. The maximum absolute atomic E-state index is 11.9. The van der Waals surface area contributed by atoms with E-state index in [0.29, 0.717) is 24.0 Å². The highest BCUT2D eigenvalue weighted by molar-refractivity contribution is 9.10. The van der Waals surface area contributed by atoms with Crippen LogP contribution in [0, 0.1) is 10.1 Å². The molecule has 1 rings (SSSR count). The fourth-order valence-corrected chi connectivity index (χ4v) is 2.35. The molecule has 0 saturated heterocycles. The molecule has 0 aromatic heterocycles. The van der Waals surface area contributed by atoms with E-state index < -0.39 is 10.8 Å². The number of hydrogen-bond acceptors (Lipinski definition) is 5. The van der Waals surface area contributed by atoms with Crippen LogP contribution in [-0.2, 0) is 4.79 Å². The van der Waals surface area contributed by atoms with Crippen LogP contribution in [0.15, 0.2) is 16.6 Å². The summed E-state index contributed by atoms with van der Waals surface area (Å²) in [6, 6.07) is 2.83. The number of nitro benzene ring substituents is 1. The first-order chi connectivity index (χ1) is 10.9. The van der Waals surface area contributed by atoms with E-state index in [9.17, 15) is 19.7 Å². The van der Waals surface area contributed by atoms with Crippen molar-refractivity contribution in [2.75, 3.05) is 31.3 Å². The highest BCUT2D eigenvalue weighted by Crippen LogP contribution is 2.32. The molecule has 0 aliphatic carbocycles. The number of nitrogens with zero attached hydrogens (tertiary/aromatic N) is 1. The van der Waals surface area contributed by atoms with E-state index in [1.165, 1.54) is 19.2 Å². The topological polar surface area (TPSA) is 113 Å². The van der Waals surface area contributed by atoms with Crippen molar-refractivity contribution in [1.82, 2.24) is 10.6 Å². The standard InChI is InChI=1S/C13H16BrClN4O4/c1-16-13(21)9-5-8(14)6-10(19(22)23)12(9)18-4-2-3-17-11(20)7-15/h5-6,18H,2-4,7H2,1H3,(H,16,21)(H,17,20). The van der Waals surface area contributed by atoms with E-state index >= 15 is 0 Å². The normalized spacial score (nSPS) is 10.0. The zero-order valence-electron chi connectivity index (χ0n) is 12.3. The third-order valence-corrected chi connectivity index (χ3v) is 3.55. The van der Waals surface area contributed by atoms with Gasteiger partial charge in [-0.05, 0) is 12.5 Å². The molecule has 0 atom stereocenters. The Balaban J connectivity index is 2.88. The smallest absolute Gasteiger partial charge is 0.294 e. The molecule has 0 radical (unpaired) electrons. The van der Waals surface area contributed by atoms with Crippen molar-refractivity contribution in [3.05, 3.63) is 32.3 Å². The number of carbonyl (C=O) groups is 2. The lowest BCUT2D eigenvalue weighted by molar-refractivity contribution is -0.384. The summed E-state index contributed by atoms with van der Waals surface area (Å²) in [5.74, 6) is -0.841. The molecular weight excluding hydrogens is 392 g/mol. The number of benzene rings is 1. The van der Waals surface area contributed by atoms with Crippen LogP contribution in [-0.4, -0.2) is 42.8 Å². The average Bonchev–Trinajstić information content (AvgIpc) is 2.53. The third kappa shape index (κ3) is 5.68. The number of carbonyl (C=O) groups excluding carboxylic acids is 2. The first-order valence-corrected chi connectivity index (χ1v) is 8.00. The summed E-state index contributed by atoms with van der Waals surface area (Å²) in [7, 11) is 1.44. The average molecular weight is 408 g/mol. The van der Waals surface area contributed by atoms with Gasteiger partial charge in [0.1, 0.15) is 11.6 Å². The number of rotatable bonds is 8. The molecule has 1 aromatic rings. The predicted molar refractivity (Wildman–Crippen MR) is 91.0 cm³/mol. The van der Waals surface area contributed by atoms with Gasteiger partial charge in [0.2, 0.25) is 5.91 Å². The van der Waals surface area contributed by atoms with Gasteiger partial charge in [-0.2, -0.15) is 0 Å². The van der Waals surface area contributed by atoms with Crippen molar-refractivity contribution in [3.8, 4) is 0 Å². The van der Waals surface area contributed by atoms with E-state index in [0.717, 1.165) is 0 Å². The van der Waals surface area contributed by atoms with Crippen LogP contribution in [0.3, 0.4) is 0 Å². The summed E-state index contributed by atoms with van der Waals surface area (Å²) in [5, 5.41) is 19.1. The van der Waals surface area contributed by atoms with Crippen molar-refractivity contribution >= 4 is 50.7 Å². The van der Waals surface area contributed by atoms with E-state index in [1.54, 1.807) is 0 Å². The largest absolute Gasteiger partial charge is 0.379 e. The Hall–Kier alpha value is -1.87. The number of halogens is 2. The van der Waals surface area contributed by atoms with Gasteiger partial charge in [-0.25, -0.2) is 0 Å². The quantitative estimate of drug-likeness (QED) is 0.263. The van der Waals surface area contributed by atoms with Gasteiger partial charge in [0.05, 0.1) is 10.5 Å². The number of hydrogen-bond donors (Lipinski definition) is 3. The van der Waals surface area contributed by atoms with Gasteiger partial charge in [-0.1, -0.05) is 15.9 Å². The molecule has 0 bridgehead atoms. The van der Waals surface area contributed by atoms with Crippen molar-refractivity contribution in [3.63, 3.8) is 0 Å². The van der Waals surface area contributed by atoms with E-state index in [2.05, 4.69) is 31.9 Å². The van der Waals surface area contributed by atoms with E-state index in [1.807, 2.05) is 0 Å². The number of nitrogens with one attached hydrogen (secondary N) is 3. The summed E-state index contributed by atoms with van der Waals surface area (Å²) in [5.41, 5.74) is 0.0994. The highest BCUT2D eigenvalue weighted by atomic mass is 79.9. The van der Waals surface area contributed by atoms with Gasteiger partial charge in [-0.15, -0.1) is 11.6 Å². The Morgan fingerprint density at radius 2 is 2.04 bits per heavy atom. The lowest BCUT2D eigenvalue weighted by Gasteiger charge is -2.12. The summed E-state index contributed by atoms with van der Waals surface area (Å²) >= 11 is 8.51. The Bertz CT molecular complexity index is 612. The first kappa shape index (κ1) is 19.2. The second-order valence-electron chi connectivity index (χ2n) is 4.45. The van der Waals surface area contributed by atoms with Crippen LogP contribution in [0.4, 0.5) is 11.4 Å². The van der Waals surface area contributed by atoms with Crippen molar-refractivity contribution in [1.29, 1.82) is 0 Å². The summed E-state index contributed by atoms with van der Waals surface area (Å²) in [6.45, 7) is 0.715. The lowest BCUT2D eigenvalue weighted by atomic mass is 10.1. The van der Waals surface area contributed by atoms with Gasteiger partial charge in [0.15, 0.2) is 0 Å². The number of alkyl halides is 1. The maximum atomic E-state index is 11.9. The minimum Gasteiger partial charge on any atom is -0.379 e. The van der Waals surface area contributed by atoms with Gasteiger partial charge in [0, 0.05) is 30.7 Å². The minimum atomic E-state index is -0.561. The molecule has 10 heteroatoms. The Morgan fingerprint density at radius 3 is 2.61 bits per heavy atom. The molecular formula is C13H16BrClN4O4. The van der Waals surface area contributed by atoms with Crippen LogP contribution < -0.4 is 16.0 Å². The summed E-state index contributed by atoms with van der Waals surface area (Å²) in [6.07, 6.45) is 0.517. The van der Waals surface area contributed by atoms with Crippen LogP contribution in [0.5, 0.6) is 0 Å². The second-order valence-corrected chi connectivity index (χ2v) is 5.63. The monoisotopic (exact) mass is 406 g/mol. The molecule has 0 heterocycles. The molecule has 1 aromatic carbocycles. The molecule has 23 heavy (non-hydrogen) atoms. The fourth-order valence-electron chi connectivity index (χ4n) is 1.81. The molecule has 0 fully saturated rings. The molecule has 0 aliphatic rings. The van der Waals surface area contributed by atoms with Crippen LogP contribution in [0.25, 0.3) is 0 Å². The van der Waals surface area contributed by atoms with E-state index in [-0.39, 0.29) is 28.7 Å². The second kappa shape index (κ2) is 9.31. The maximum Gasteiger partial charge on any atom is 0.294 e. The lowest BCUT2D eigenvalue weighted by Crippen LogP contribution is -2.27. The third-order valence-electron chi connectivity index (χ3n) is 2.85. The Morgan fingerprint density at radius 1 is 1.35 bits per heavy atom. The highest BCUT2D eigenvalue weighted by Gasteiger charge is 2.22. The Kier molecular flexibility index (Phi) is 7.76. The van der Waals surface area contributed by atoms with Gasteiger partial charge in [0.25, 0.3) is 11.6 Å². The molecule has 8 nitrogen and oxygen atoms in total. The number of nitro groups is 1. The van der Waals surface area contributed by atoms with Crippen molar-refractivity contribution in [2.24, 2.45) is 0 Å². The van der Waals surface area contributed by atoms with Crippen LogP contribution >= 0.6 is 27.5 Å². The summed E-state index contributed by atoms with van der Waals surface area (Å²) < 4.78 is 0.433. The molecule has 3 N–H and O–H groups in total.